The summed E-state index contributed by atoms with van der Waals surface area (Å²) in [5, 5.41) is 0. The first kappa shape index (κ1) is 10.0. The molecule has 0 aliphatic carbocycles. The lowest BCUT2D eigenvalue weighted by molar-refractivity contribution is -0.140. The highest BCUT2D eigenvalue weighted by atomic mass is 16.5. The molecule has 0 aromatic heterocycles. The zero-order chi connectivity index (χ0) is 10.8. The van der Waals surface area contributed by atoms with E-state index in [1.165, 1.54) is 0 Å². The lowest BCUT2D eigenvalue weighted by atomic mass is 9.93. The second kappa shape index (κ2) is 3.93. The average Bonchev–Trinajstić information content (AvgIpc) is 2.58. The highest BCUT2D eigenvalue weighted by molar-refractivity contribution is 5.73. The molecule has 3 heteroatoms. The van der Waals surface area contributed by atoms with Crippen molar-refractivity contribution in [2.45, 2.75) is 25.4 Å². The Labute approximate surface area is 89.0 Å². The largest absolute Gasteiger partial charge is 0.497 e. The maximum atomic E-state index is 11.1. The van der Waals surface area contributed by atoms with Crippen molar-refractivity contribution in [2.24, 2.45) is 0 Å². The van der Waals surface area contributed by atoms with Gasteiger partial charge in [0.2, 0.25) is 0 Å². The lowest BCUT2D eigenvalue weighted by Gasteiger charge is -2.13. The van der Waals surface area contributed by atoms with E-state index in [2.05, 4.69) is 0 Å². The highest BCUT2D eigenvalue weighted by Crippen LogP contribution is 2.33. The number of hydrogen-bond acceptors (Lipinski definition) is 3. The van der Waals surface area contributed by atoms with Crippen molar-refractivity contribution in [3.63, 3.8) is 0 Å². The first-order chi connectivity index (χ1) is 7.20. The van der Waals surface area contributed by atoms with E-state index in [0.29, 0.717) is 6.42 Å². The van der Waals surface area contributed by atoms with Gasteiger partial charge >= 0.3 is 5.97 Å². The van der Waals surface area contributed by atoms with Gasteiger partial charge in [-0.15, -0.1) is 0 Å². The minimum Gasteiger partial charge on any atom is -0.497 e. The Bertz CT molecular complexity index is 373. The molecule has 1 fully saturated rings. The number of cyclic esters (lactones) is 1. The van der Waals surface area contributed by atoms with Crippen LogP contribution in [0, 0.1) is 0 Å². The molecule has 15 heavy (non-hydrogen) atoms. The van der Waals surface area contributed by atoms with Crippen LogP contribution in [0.15, 0.2) is 24.3 Å². The number of rotatable bonds is 2. The van der Waals surface area contributed by atoms with Crippen molar-refractivity contribution >= 4 is 5.97 Å². The summed E-state index contributed by atoms with van der Waals surface area (Å²) >= 11 is 0. The fourth-order valence-electron chi connectivity index (χ4n) is 1.94. The molecule has 0 N–H and O–H groups in total. The van der Waals surface area contributed by atoms with Crippen LogP contribution in [0.3, 0.4) is 0 Å². The van der Waals surface area contributed by atoms with Gasteiger partial charge in [-0.05, 0) is 24.6 Å². The van der Waals surface area contributed by atoms with E-state index in [1.54, 1.807) is 7.11 Å². The topological polar surface area (TPSA) is 35.5 Å². The summed E-state index contributed by atoms with van der Waals surface area (Å²) in [6, 6.07) is 7.80. The molecule has 1 unspecified atom stereocenters. The highest BCUT2D eigenvalue weighted by Gasteiger charge is 2.32. The normalized spacial score (nSPS) is 25.1. The van der Waals surface area contributed by atoms with Crippen LogP contribution in [0.5, 0.6) is 5.75 Å². The molecule has 80 valence electrons. The number of hydrogen-bond donors (Lipinski definition) is 0. The van der Waals surface area contributed by atoms with Crippen LogP contribution >= 0.6 is 0 Å². The molecule has 0 amide bonds. The molecule has 1 aromatic rings. The second-order valence-corrected chi connectivity index (χ2v) is 3.78. The van der Waals surface area contributed by atoms with Crippen LogP contribution in [0.25, 0.3) is 0 Å². The van der Waals surface area contributed by atoms with Crippen molar-refractivity contribution < 1.29 is 14.3 Å². The molecule has 0 saturated carbocycles. The number of carbonyl (C=O) groups is 1. The molecular weight excluding hydrogens is 192 g/mol. The number of methoxy groups -OCH3 is 1. The Morgan fingerprint density at radius 1 is 1.47 bits per heavy atom. The zero-order valence-corrected chi connectivity index (χ0v) is 8.90. The fraction of sp³-hybridized carbons (Fsp3) is 0.417. The summed E-state index contributed by atoms with van der Waals surface area (Å²) in [6.07, 6.45) is 0.429. The first-order valence-electron chi connectivity index (χ1n) is 5.04. The molecule has 0 radical (unpaired) electrons. The lowest BCUT2D eigenvalue weighted by Crippen LogP contribution is -2.09. The SMILES string of the molecule is COc1cccc([C@H]2CC(=O)OC2C)c1. The van der Waals surface area contributed by atoms with Gasteiger partial charge in [-0.1, -0.05) is 12.1 Å². The molecule has 1 aliphatic heterocycles. The van der Waals surface area contributed by atoms with Crippen LogP contribution in [-0.4, -0.2) is 19.2 Å². The van der Waals surface area contributed by atoms with Gasteiger partial charge < -0.3 is 9.47 Å². The van der Waals surface area contributed by atoms with Gasteiger partial charge in [-0.3, -0.25) is 4.79 Å². The summed E-state index contributed by atoms with van der Waals surface area (Å²) in [5.41, 5.74) is 1.10. The average molecular weight is 206 g/mol. The molecule has 1 heterocycles. The van der Waals surface area contributed by atoms with Gasteiger partial charge in [0.15, 0.2) is 0 Å². The molecular formula is C12H14O3. The number of benzene rings is 1. The van der Waals surface area contributed by atoms with E-state index >= 15 is 0 Å². The standard InChI is InChI=1S/C12H14O3/c1-8-11(7-12(13)15-8)9-4-3-5-10(6-9)14-2/h3-6,8,11H,7H2,1-2H3/t8?,11-/m0/s1. The van der Waals surface area contributed by atoms with Gasteiger partial charge in [0.05, 0.1) is 13.5 Å². The van der Waals surface area contributed by atoms with Gasteiger partial charge in [-0.25, -0.2) is 0 Å². The summed E-state index contributed by atoms with van der Waals surface area (Å²) < 4.78 is 10.3. The predicted octanol–water partition coefficient (Wildman–Crippen LogP) is 2.11. The fourth-order valence-corrected chi connectivity index (χ4v) is 1.94. The van der Waals surface area contributed by atoms with Crippen molar-refractivity contribution in [3.8, 4) is 5.75 Å². The van der Waals surface area contributed by atoms with E-state index in [0.717, 1.165) is 11.3 Å². The number of carbonyl (C=O) groups excluding carboxylic acids is 1. The third-order valence-electron chi connectivity index (χ3n) is 2.79. The number of esters is 1. The first-order valence-corrected chi connectivity index (χ1v) is 5.04. The Hall–Kier alpha value is -1.51. The smallest absolute Gasteiger partial charge is 0.306 e. The third-order valence-corrected chi connectivity index (χ3v) is 2.79. The van der Waals surface area contributed by atoms with Crippen LogP contribution in [0.4, 0.5) is 0 Å². The van der Waals surface area contributed by atoms with Crippen molar-refractivity contribution in [3.05, 3.63) is 29.8 Å². The zero-order valence-electron chi connectivity index (χ0n) is 8.90. The van der Waals surface area contributed by atoms with Crippen LogP contribution < -0.4 is 4.74 Å². The van der Waals surface area contributed by atoms with E-state index in [9.17, 15) is 4.79 Å². The second-order valence-electron chi connectivity index (χ2n) is 3.78. The molecule has 0 spiro atoms. The summed E-state index contributed by atoms with van der Waals surface area (Å²) in [5.74, 6) is 0.863. The van der Waals surface area contributed by atoms with E-state index in [4.69, 9.17) is 9.47 Å². The Kier molecular flexibility index (Phi) is 2.62. The van der Waals surface area contributed by atoms with E-state index in [-0.39, 0.29) is 18.0 Å². The molecule has 1 aliphatic rings. The molecule has 1 aromatic carbocycles. The monoisotopic (exact) mass is 206 g/mol. The van der Waals surface area contributed by atoms with Crippen molar-refractivity contribution in [1.82, 2.24) is 0 Å². The maximum Gasteiger partial charge on any atom is 0.306 e. The Morgan fingerprint density at radius 3 is 2.87 bits per heavy atom. The quantitative estimate of drug-likeness (QED) is 0.695. The summed E-state index contributed by atoms with van der Waals surface area (Å²) in [6.45, 7) is 1.93. The minimum atomic E-state index is -0.115. The van der Waals surface area contributed by atoms with Crippen molar-refractivity contribution in [2.75, 3.05) is 7.11 Å². The van der Waals surface area contributed by atoms with Gasteiger partial charge in [-0.2, -0.15) is 0 Å². The van der Waals surface area contributed by atoms with E-state index in [1.807, 2.05) is 31.2 Å². The predicted molar refractivity (Wildman–Crippen MR) is 55.9 cm³/mol. The van der Waals surface area contributed by atoms with Crippen molar-refractivity contribution in [1.29, 1.82) is 0 Å². The molecule has 2 rings (SSSR count). The Morgan fingerprint density at radius 2 is 2.27 bits per heavy atom. The number of ether oxygens (including phenoxy) is 2. The van der Waals surface area contributed by atoms with Crippen LogP contribution in [0.2, 0.25) is 0 Å². The Balaban J connectivity index is 2.25. The summed E-state index contributed by atoms with van der Waals surface area (Å²) in [7, 11) is 1.64. The molecule has 2 atom stereocenters. The molecule has 0 bridgehead atoms. The van der Waals surface area contributed by atoms with Gasteiger partial charge in [0, 0.05) is 5.92 Å². The van der Waals surface area contributed by atoms with E-state index < -0.39 is 0 Å². The summed E-state index contributed by atoms with van der Waals surface area (Å²) in [4.78, 5) is 11.1. The van der Waals surface area contributed by atoms with Gasteiger partial charge in [0.25, 0.3) is 0 Å². The third kappa shape index (κ3) is 1.96. The van der Waals surface area contributed by atoms with Crippen LogP contribution in [0.1, 0.15) is 24.8 Å². The van der Waals surface area contributed by atoms with Gasteiger partial charge in [0.1, 0.15) is 11.9 Å². The minimum absolute atomic E-state index is 0.0374. The van der Waals surface area contributed by atoms with Crippen LogP contribution in [-0.2, 0) is 9.53 Å². The molecule has 1 saturated heterocycles. The molecule has 3 nitrogen and oxygen atoms in total. The maximum absolute atomic E-state index is 11.1.